The largest absolute Gasteiger partial charge is 0.469 e. The number of hydrogen-bond acceptors (Lipinski definition) is 10. The maximum atomic E-state index is 12.6. The molecule has 3 aromatic rings. The zero-order valence-corrected chi connectivity index (χ0v) is 27.9. The van der Waals surface area contributed by atoms with E-state index in [9.17, 15) is 15.1 Å². The molecule has 0 aromatic heterocycles. The molecule has 1 saturated carbocycles. The average Bonchev–Trinajstić information content (AvgIpc) is 3.11. The Hall–Kier alpha value is -4.29. The van der Waals surface area contributed by atoms with Crippen molar-refractivity contribution in [3.63, 3.8) is 0 Å². The molecule has 5 rings (SSSR count). The number of benzene rings is 3. The molecule has 0 spiro atoms. The minimum Gasteiger partial charge on any atom is -0.469 e. The lowest BCUT2D eigenvalue weighted by Gasteiger charge is -2.47. The van der Waals surface area contributed by atoms with Crippen molar-refractivity contribution >= 4 is 11.9 Å². The van der Waals surface area contributed by atoms with Gasteiger partial charge in [-0.15, -0.1) is 0 Å². The molecule has 0 N–H and O–H groups in total. The van der Waals surface area contributed by atoms with E-state index in [2.05, 4.69) is 10.0 Å². The van der Waals surface area contributed by atoms with Crippen molar-refractivity contribution in [2.45, 2.75) is 95.5 Å². The number of hydrogen-bond donors (Lipinski definition) is 0. The summed E-state index contributed by atoms with van der Waals surface area (Å²) in [6.07, 6.45) is -5.35. The van der Waals surface area contributed by atoms with E-state index in [4.69, 9.17) is 33.2 Å². The van der Waals surface area contributed by atoms with Crippen LogP contribution in [-0.2, 0) is 62.6 Å². The SMILES string of the molecule is COC(=O)[C@H]1C[C@H](N=[N+]=[N-])[C@@H](O[C@@H]2O[C@@H](C)[C@@H](OCc3ccccc3)[C@@H](OCc3ccccc3)[C@@H]2OCc2ccccc2)[C@H](OC(C)=O)C1. The molecule has 260 valence electrons. The lowest BCUT2D eigenvalue weighted by atomic mass is 9.81. The summed E-state index contributed by atoms with van der Waals surface area (Å²) in [5.74, 6) is -1.73. The van der Waals surface area contributed by atoms with E-state index in [1.54, 1.807) is 0 Å². The molecule has 1 saturated heterocycles. The molecule has 12 heteroatoms. The Morgan fingerprint density at radius 1 is 0.776 bits per heavy atom. The van der Waals surface area contributed by atoms with Crippen molar-refractivity contribution in [2.75, 3.05) is 7.11 Å². The van der Waals surface area contributed by atoms with Crippen LogP contribution in [0.25, 0.3) is 10.4 Å². The van der Waals surface area contributed by atoms with E-state index < -0.39 is 66.8 Å². The third-order valence-electron chi connectivity index (χ3n) is 8.71. The van der Waals surface area contributed by atoms with Crippen molar-refractivity contribution < 1.29 is 42.7 Å². The number of esters is 2. The highest BCUT2D eigenvalue weighted by atomic mass is 16.7. The molecular formula is C37H43N3O9. The normalized spacial score (nSPS) is 28.2. The van der Waals surface area contributed by atoms with E-state index in [1.165, 1.54) is 14.0 Å². The van der Waals surface area contributed by atoms with Gasteiger partial charge in [0, 0.05) is 18.3 Å². The summed E-state index contributed by atoms with van der Waals surface area (Å²) in [6, 6.07) is 28.4. The van der Waals surface area contributed by atoms with Crippen LogP contribution >= 0.6 is 0 Å². The lowest BCUT2D eigenvalue weighted by molar-refractivity contribution is -0.336. The van der Waals surface area contributed by atoms with Gasteiger partial charge in [0.15, 0.2) is 6.29 Å². The topological polar surface area (TPSA) is 148 Å². The molecule has 0 unspecified atom stereocenters. The van der Waals surface area contributed by atoms with Gasteiger partial charge in [-0.25, -0.2) is 0 Å². The molecule has 1 aliphatic carbocycles. The predicted molar refractivity (Wildman–Crippen MR) is 177 cm³/mol. The van der Waals surface area contributed by atoms with Crippen LogP contribution in [0.4, 0.5) is 0 Å². The van der Waals surface area contributed by atoms with Crippen LogP contribution in [0.5, 0.6) is 0 Å². The molecule has 1 aliphatic heterocycles. The van der Waals surface area contributed by atoms with Gasteiger partial charge in [0.25, 0.3) is 0 Å². The van der Waals surface area contributed by atoms with E-state index in [0.717, 1.165) is 16.7 Å². The Morgan fingerprint density at radius 3 is 1.78 bits per heavy atom. The molecule has 2 aliphatic rings. The standard InChI is InChI=1S/C37H43N3O9/c1-24-32(44-21-26-13-7-4-8-14-26)34(45-22-27-15-9-5-10-16-27)35(46-23-28-17-11-6-12-18-28)37(47-24)49-33-30(39-40-38)19-29(36(42)43-3)20-31(33)48-25(2)41/h4-18,24,29-35,37H,19-23H2,1-3H3/t24-,29-,30-,31+,32+,33+,34+,35-,37-/m0/s1. The van der Waals surface area contributed by atoms with Crippen molar-refractivity contribution in [3.8, 4) is 0 Å². The van der Waals surface area contributed by atoms with Gasteiger partial charge in [0.05, 0.1) is 45.0 Å². The van der Waals surface area contributed by atoms with Gasteiger partial charge in [-0.2, -0.15) is 0 Å². The molecule has 0 amide bonds. The number of nitrogens with zero attached hydrogens (tertiary/aromatic N) is 3. The maximum Gasteiger partial charge on any atom is 0.308 e. The van der Waals surface area contributed by atoms with E-state index in [0.29, 0.717) is 6.61 Å². The molecule has 12 nitrogen and oxygen atoms in total. The third-order valence-corrected chi connectivity index (χ3v) is 8.71. The molecule has 9 atom stereocenters. The number of carbonyl (C=O) groups is 2. The number of azide groups is 1. The molecule has 1 heterocycles. The van der Waals surface area contributed by atoms with Crippen LogP contribution in [0.2, 0.25) is 0 Å². The second-order valence-corrected chi connectivity index (χ2v) is 12.2. The van der Waals surface area contributed by atoms with Gasteiger partial charge in [-0.1, -0.05) is 96.1 Å². The van der Waals surface area contributed by atoms with Gasteiger partial charge < -0.3 is 33.2 Å². The second kappa shape index (κ2) is 17.9. The summed E-state index contributed by atoms with van der Waals surface area (Å²) in [5, 5.41) is 3.97. The highest BCUT2D eigenvalue weighted by molar-refractivity contribution is 5.73. The Bertz CT molecular complexity index is 1520. The van der Waals surface area contributed by atoms with Crippen molar-refractivity contribution in [3.05, 3.63) is 118 Å². The number of carbonyl (C=O) groups excluding carboxylic acids is 2. The number of ether oxygens (including phenoxy) is 7. The van der Waals surface area contributed by atoms with Gasteiger partial charge in [-0.05, 0) is 35.6 Å². The number of methoxy groups -OCH3 is 1. The van der Waals surface area contributed by atoms with Crippen LogP contribution in [0.3, 0.4) is 0 Å². The van der Waals surface area contributed by atoms with Crippen molar-refractivity contribution in [1.82, 2.24) is 0 Å². The van der Waals surface area contributed by atoms with Crippen LogP contribution in [-0.4, -0.2) is 68.0 Å². The van der Waals surface area contributed by atoms with E-state index in [1.807, 2.05) is 97.9 Å². The van der Waals surface area contributed by atoms with E-state index in [-0.39, 0.29) is 26.1 Å². The minimum atomic E-state index is -1.06. The zero-order valence-electron chi connectivity index (χ0n) is 27.9. The predicted octanol–water partition coefficient (Wildman–Crippen LogP) is 6.07. The number of rotatable bonds is 14. The quantitative estimate of drug-likeness (QED) is 0.0861. The summed E-state index contributed by atoms with van der Waals surface area (Å²) in [7, 11) is 1.28. The highest BCUT2D eigenvalue weighted by Gasteiger charge is 2.51. The molecule has 2 fully saturated rings. The van der Waals surface area contributed by atoms with E-state index >= 15 is 0 Å². The van der Waals surface area contributed by atoms with Crippen LogP contribution in [0.15, 0.2) is 96.1 Å². The van der Waals surface area contributed by atoms with Crippen LogP contribution in [0, 0.1) is 5.92 Å². The minimum absolute atomic E-state index is 0.114. The smallest absolute Gasteiger partial charge is 0.308 e. The summed E-state index contributed by atoms with van der Waals surface area (Å²) in [5.41, 5.74) is 12.4. The first-order valence-electron chi connectivity index (χ1n) is 16.4. The molecule has 3 aromatic carbocycles. The first-order valence-corrected chi connectivity index (χ1v) is 16.4. The summed E-state index contributed by atoms with van der Waals surface area (Å²) < 4.78 is 43.6. The summed E-state index contributed by atoms with van der Waals surface area (Å²) in [4.78, 5) is 27.9. The molecule has 0 radical (unpaired) electrons. The Labute approximate surface area is 286 Å². The Morgan fingerprint density at radius 2 is 1.29 bits per heavy atom. The maximum absolute atomic E-state index is 12.6. The zero-order chi connectivity index (χ0) is 34.6. The van der Waals surface area contributed by atoms with Gasteiger partial charge >= 0.3 is 11.9 Å². The summed E-state index contributed by atoms with van der Waals surface area (Å²) >= 11 is 0. The average molecular weight is 674 g/mol. The fraction of sp³-hybridized carbons (Fsp3) is 0.459. The lowest BCUT2D eigenvalue weighted by Crippen LogP contribution is -2.62. The third kappa shape index (κ3) is 9.88. The van der Waals surface area contributed by atoms with Crippen molar-refractivity contribution in [2.24, 2.45) is 11.0 Å². The second-order valence-electron chi connectivity index (χ2n) is 12.2. The van der Waals surface area contributed by atoms with Gasteiger partial charge in [0.2, 0.25) is 0 Å². The molecular weight excluding hydrogens is 630 g/mol. The summed E-state index contributed by atoms with van der Waals surface area (Å²) in [6.45, 7) is 3.94. The van der Waals surface area contributed by atoms with Gasteiger partial charge in [-0.3, -0.25) is 9.59 Å². The van der Waals surface area contributed by atoms with Gasteiger partial charge in [0.1, 0.15) is 30.5 Å². The fourth-order valence-electron chi connectivity index (χ4n) is 6.36. The van der Waals surface area contributed by atoms with Crippen LogP contribution in [0.1, 0.15) is 43.4 Å². The Kier molecular flexibility index (Phi) is 13.2. The molecule has 0 bridgehead atoms. The first-order chi connectivity index (χ1) is 23.9. The molecule has 49 heavy (non-hydrogen) atoms. The first kappa shape index (κ1) is 36.0. The monoisotopic (exact) mass is 673 g/mol. The highest BCUT2D eigenvalue weighted by Crippen LogP contribution is 2.37. The van der Waals surface area contributed by atoms with Crippen LogP contribution < -0.4 is 0 Å². The Balaban J connectivity index is 1.48. The fourth-order valence-corrected chi connectivity index (χ4v) is 6.36. The van der Waals surface area contributed by atoms with Crippen molar-refractivity contribution in [1.29, 1.82) is 0 Å².